The molecule has 0 spiro atoms. The molecule has 0 atom stereocenters. The van der Waals surface area contributed by atoms with Crippen molar-refractivity contribution in [1.82, 2.24) is 10.7 Å². The maximum atomic E-state index is 12.4. The highest BCUT2D eigenvalue weighted by atomic mass is 35.5. The van der Waals surface area contributed by atoms with Gasteiger partial charge in [0.05, 0.1) is 12.3 Å². The van der Waals surface area contributed by atoms with E-state index in [-0.39, 0.29) is 18.1 Å². The van der Waals surface area contributed by atoms with Crippen LogP contribution in [-0.2, 0) is 0 Å². The molecule has 0 aliphatic heterocycles. The fourth-order valence-corrected chi connectivity index (χ4v) is 2.94. The molecule has 0 radical (unpaired) electrons. The lowest BCUT2D eigenvalue weighted by Gasteiger charge is -2.11. The number of alkyl halides is 3. The summed E-state index contributed by atoms with van der Waals surface area (Å²) in [6, 6.07) is 19.1. The fraction of sp³-hybridized carbons (Fsp3) is 0.0870. The zero-order valence-electron chi connectivity index (χ0n) is 17.4. The molecule has 34 heavy (non-hydrogen) atoms. The summed E-state index contributed by atoms with van der Waals surface area (Å²) < 4.78 is 40.5. The third-order valence-electron chi connectivity index (χ3n) is 4.25. The van der Waals surface area contributed by atoms with Gasteiger partial charge in [0, 0.05) is 21.8 Å². The van der Waals surface area contributed by atoms with Crippen molar-refractivity contribution in [3.05, 3.63) is 95.0 Å². The molecule has 0 saturated heterocycles. The molecule has 3 amide bonds. The van der Waals surface area contributed by atoms with Crippen molar-refractivity contribution in [3.8, 4) is 5.75 Å². The molecule has 3 rings (SSSR count). The molecule has 0 fully saturated rings. The molecule has 11 heteroatoms. The Bertz CT molecular complexity index is 1170. The minimum Gasteiger partial charge on any atom is -0.406 e. The molecule has 0 aromatic heterocycles. The first-order valence-corrected chi connectivity index (χ1v) is 10.2. The van der Waals surface area contributed by atoms with Crippen LogP contribution < -0.4 is 20.8 Å². The van der Waals surface area contributed by atoms with Gasteiger partial charge in [-0.3, -0.25) is 4.79 Å². The molecule has 7 nitrogen and oxygen atoms in total. The minimum atomic E-state index is -4.81. The van der Waals surface area contributed by atoms with Crippen LogP contribution >= 0.6 is 11.6 Å². The first-order chi connectivity index (χ1) is 16.2. The predicted octanol–water partition coefficient (Wildman–Crippen LogP) is 5.19. The summed E-state index contributed by atoms with van der Waals surface area (Å²) in [7, 11) is 0. The van der Waals surface area contributed by atoms with E-state index in [9.17, 15) is 22.8 Å². The molecular weight excluding hydrogens is 473 g/mol. The van der Waals surface area contributed by atoms with E-state index >= 15 is 0 Å². The number of carbonyl (C=O) groups excluding carboxylic acids is 2. The van der Waals surface area contributed by atoms with E-state index in [1.54, 1.807) is 54.6 Å². The van der Waals surface area contributed by atoms with Crippen LogP contribution in [-0.4, -0.2) is 30.6 Å². The maximum absolute atomic E-state index is 12.4. The van der Waals surface area contributed by atoms with Crippen LogP contribution in [0.4, 0.5) is 23.7 Å². The van der Waals surface area contributed by atoms with Gasteiger partial charge in [-0.2, -0.15) is 5.10 Å². The van der Waals surface area contributed by atoms with Crippen LogP contribution in [0.1, 0.15) is 15.9 Å². The quantitative estimate of drug-likeness (QED) is 0.314. The van der Waals surface area contributed by atoms with Crippen molar-refractivity contribution in [1.29, 1.82) is 0 Å². The number of amides is 3. The van der Waals surface area contributed by atoms with Gasteiger partial charge in [0.25, 0.3) is 5.91 Å². The molecule has 0 aliphatic rings. The fourth-order valence-electron chi connectivity index (χ4n) is 2.75. The summed E-state index contributed by atoms with van der Waals surface area (Å²) in [5.74, 6) is -0.755. The summed E-state index contributed by atoms with van der Waals surface area (Å²) in [5.41, 5.74) is 3.85. The van der Waals surface area contributed by atoms with Crippen molar-refractivity contribution in [2.45, 2.75) is 6.36 Å². The predicted molar refractivity (Wildman–Crippen MR) is 122 cm³/mol. The van der Waals surface area contributed by atoms with Crippen LogP contribution in [0.25, 0.3) is 0 Å². The Morgan fingerprint density at radius 2 is 1.59 bits per heavy atom. The number of hydrogen-bond donors (Lipinski definition) is 3. The molecule has 0 aliphatic carbocycles. The zero-order valence-corrected chi connectivity index (χ0v) is 18.2. The van der Waals surface area contributed by atoms with Gasteiger partial charge in [0.1, 0.15) is 5.75 Å². The van der Waals surface area contributed by atoms with Crippen LogP contribution in [0.5, 0.6) is 5.75 Å². The molecule has 0 unspecified atom stereocenters. The average Bonchev–Trinajstić information content (AvgIpc) is 2.80. The number of hydrogen-bond acceptors (Lipinski definition) is 4. The number of anilines is 1. The number of halogens is 4. The highest BCUT2D eigenvalue weighted by molar-refractivity contribution is 6.31. The van der Waals surface area contributed by atoms with E-state index in [2.05, 4.69) is 25.9 Å². The second-order valence-corrected chi connectivity index (χ2v) is 7.19. The maximum Gasteiger partial charge on any atom is 0.573 e. The first-order valence-electron chi connectivity index (χ1n) is 9.78. The summed E-state index contributed by atoms with van der Waals surface area (Å²) >= 11 is 6.05. The summed E-state index contributed by atoms with van der Waals surface area (Å²) in [6.07, 6.45) is -4.81. The highest BCUT2D eigenvalue weighted by Crippen LogP contribution is 2.23. The number of nitrogens with one attached hydrogen (secondary N) is 3. The molecule has 3 aromatic carbocycles. The van der Waals surface area contributed by atoms with Gasteiger partial charge < -0.3 is 15.4 Å². The largest absolute Gasteiger partial charge is 0.573 e. The topological polar surface area (TPSA) is 91.8 Å². The second-order valence-electron chi connectivity index (χ2n) is 6.76. The summed E-state index contributed by atoms with van der Waals surface area (Å²) in [5, 5.41) is 9.66. The number of hydrazone groups is 1. The van der Waals surface area contributed by atoms with Crippen molar-refractivity contribution < 1.29 is 27.5 Å². The standard InChI is InChI=1S/C23H18ClF3N4O3/c24-17-8-4-7-16(13-17)20(14-28-21(32)15-5-2-1-3-6-15)30-31-22(33)29-18-9-11-19(12-10-18)34-23(25,26)27/h1-13H,14H2,(H,28,32)(H2,29,31,33). The van der Waals surface area contributed by atoms with Crippen molar-refractivity contribution >= 4 is 34.9 Å². The van der Waals surface area contributed by atoms with Crippen LogP contribution in [0.2, 0.25) is 5.02 Å². The number of benzene rings is 3. The number of nitrogens with zero attached hydrogens (tertiary/aromatic N) is 1. The van der Waals surface area contributed by atoms with Gasteiger partial charge in [0.2, 0.25) is 0 Å². The van der Waals surface area contributed by atoms with Crippen molar-refractivity contribution in [3.63, 3.8) is 0 Å². The Balaban J connectivity index is 1.67. The van der Waals surface area contributed by atoms with E-state index in [0.29, 0.717) is 21.9 Å². The minimum absolute atomic E-state index is 0.0160. The SMILES string of the molecule is O=C(NN=C(CNC(=O)c1ccccc1)c1cccc(Cl)c1)Nc1ccc(OC(F)(F)F)cc1. The third-order valence-corrected chi connectivity index (χ3v) is 4.48. The van der Waals surface area contributed by atoms with Crippen molar-refractivity contribution in [2.75, 3.05) is 11.9 Å². The normalized spacial score (nSPS) is 11.5. The third kappa shape index (κ3) is 7.82. The molecule has 0 heterocycles. The summed E-state index contributed by atoms with van der Waals surface area (Å²) in [4.78, 5) is 24.6. The summed E-state index contributed by atoms with van der Waals surface area (Å²) in [6.45, 7) is -0.0160. The lowest BCUT2D eigenvalue weighted by atomic mass is 10.1. The van der Waals surface area contributed by atoms with E-state index < -0.39 is 18.1 Å². The second kappa shape index (κ2) is 11.2. The van der Waals surface area contributed by atoms with Gasteiger partial charge in [-0.25, -0.2) is 10.2 Å². The highest BCUT2D eigenvalue weighted by Gasteiger charge is 2.30. The van der Waals surface area contributed by atoms with Gasteiger partial charge in [-0.15, -0.1) is 13.2 Å². The number of rotatable bonds is 7. The van der Waals surface area contributed by atoms with E-state index in [1.807, 2.05) is 0 Å². The molecule has 3 aromatic rings. The Hall–Kier alpha value is -4.05. The van der Waals surface area contributed by atoms with Gasteiger partial charge in [-0.05, 0) is 48.5 Å². The monoisotopic (exact) mass is 490 g/mol. The van der Waals surface area contributed by atoms with Gasteiger partial charge in [-0.1, -0.05) is 41.9 Å². The lowest BCUT2D eigenvalue weighted by Crippen LogP contribution is -2.32. The number of urea groups is 1. The Labute approximate surface area is 197 Å². The Morgan fingerprint density at radius 3 is 2.24 bits per heavy atom. The molecule has 176 valence electrons. The number of carbonyl (C=O) groups is 2. The average molecular weight is 491 g/mol. The first kappa shape index (κ1) is 24.6. The molecule has 0 saturated carbocycles. The number of ether oxygens (including phenoxy) is 1. The Morgan fingerprint density at radius 1 is 0.912 bits per heavy atom. The smallest absolute Gasteiger partial charge is 0.406 e. The van der Waals surface area contributed by atoms with Gasteiger partial charge >= 0.3 is 12.4 Å². The van der Waals surface area contributed by atoms with Crippen molar-refractivity contribution in [2.24, 2.45) is 5.10 Å². The molecule has 3 N–H and O–H groups in total. The molecular formula is C23H18ClF3N4O3. The van der Waals surface area contributed by atoms with Crippen LogP contribution in [0.3, 0.4) is 0 Å². The van der Waals surface area contributed by atoms with Crippen LogP contribution in [0.15, 0.2) is 84.0 Å². The van der Waals surface area contributed by atoms with Gasteiger partial charge in [0.15, 0.2) is 0 Å². The zero-order chi connectivity index (χ0) is 24.6. The lowest BCUT2D eigenvalue weighted by molar-refractivity contribution is -0.274. The van der Waals surface area contributed by atoms with E-state index in [1.165, 1.54) is 12.1 Å². The molecule has 0 bridgehead atoms. The van der Waals surface area contributed by atoms with E-state index in [4.69, 9.17) is 11.6 Å². The van der Waals surface area contributed by atoms with Crippen LogP contribution in [0, 0.1) is 0 Å². The van der Waals surface area contributed by atoms with E-state index in [0.717, 1.165) is 12.1 Å². The Kier molecular flexibility index (Phi) is 8.10.